The number of aryl methyl sites for hydroxylation is 1. The van der Waals surface area contributed by atoms with Crippen LogP contribution in [-0.4, -0.2) is 75.1 Å². The number of hydrogen-bond donors (Lipinski definition) is 1. The predicted molar refractivity (Wildman–Crippen MR) is 150 cm³/mol. The van der Waals surface area contributed by atoms with Gasteiger partial charge in [0.15, 0.2) is 11.4 Å². The molecule has 11 nitrogen and oxygen atoms in total. The molecule has 1 N–H and O–H groups in total. The van der Waals surface area contributed by atoms with Crippen LogP contribution in [0.25, 0.3) is 22.6 Å². The fourth-order valence-corrected chi connectivity index (χ4v) is 6.50. The average molecular weight is 659 g/mol. The lowest BCUT2D eigenvalue weighted by molar-refractivity contribution is -0.180. The monoisotopic (exact) mass is 658 g/mol. The number of amides is 1. The molecule has 4 aromatic rings. The number of sulfonamides is 1. The maximum absolute atomic E-state index is 14.4. The summed E-state index contributed by atoms with van der Waals surface area (Å²) in [6.45, 7) is 6.48. The summed E-state index contributed by atoms with van der Waals surface area (Å²) < 4.78 is 92.5. The van der Waals surface area contributed by atoms with Gasteiger partial charge in [-0.2, -0.15) is 23.3 Å². The fourth-order valence-electron chi connectivity index (χ4n) is 4.82. The molecule has 44 heavy (non-hydrogen) atoms. The van der Waals surface area contributed by atoms with E-state index in [4.69, 9.17) is 20.8 Å². The van der Waals surface area contributed by atoms with Crippen LogP contribution >= 0.6 is 11.6 Å². The molecule has 1 aliphatic rings. The van der Waals surface area contributed by atoms with E-state index in [9.17, 15) is 30.8 Å². The van der Waals surface area contributed by atoms with E-state index in [2.05, 4.69) is 38.9 Å². The predicted octanol–water partition coefficient (Wildman–Crippen LogP) is 5.25. The first-order chi connectivity index (χ1) is 20.6. The summed E-state index contributed by atoms with van der Waals surface area (Å²) in [7, 11) is -5.37. The first-order valence-electron chi connectivity index (χ1n) is 13.5. The quantitative estimate of drug-likeness (QED) is 0.252. The summed E-state index contributed by atoms with van der Waals surface area (Å²) >= 11 is 5.76. The number of halogens is 5. The number of benzene rings is 1. The van der Waals surface area contributed by atoms with Gasteiger partial charge in [-0.3, -0.25) is 9.89 Å². The van der Waals surface area contributed by atoms with Gasteiger partial charge in [0.25, 0.3) is 10.0 Å². The lowest BCUT2D eigenvalue weighted by Gasteiger charge is -2.34. The molecule has 0 radical (unpaired) electrons. The SMILES string of the molecule is Cc1[nH]nc2nc(-c3ccc(CN(C(=O)C(F)(F)F)S(=O)(=O)c4cc(Cl)ccc4F)o3)nc(OC3CCN(C(C)C)CC3)c12. The van der Waals surface area contributed by atoms with E-state index >= 15 is 0 Å². The van der Waals surface area contributed by atoms with Crippen LogP contribution in [0.4, 0.5) is 17.6 Å². The minimum atomic E-state index is -5.61. The van der Waals surface area contributed by atoms with Crippen molar-refractivity contribution >= 4 is 38.6 Å². The van der Waals surface area contributed by atoms with Crippen LogP contribution in [0, 0.1) is 12.7 Å². The number of nitrogens with zero attached hydrogens (tertiary/aromatic N) is 5. The molecule has 1 saturated heterocycles. The van der Waals surface area contributed by atoms with Crippen LogP contribution in [0.5, 0.6) is 5.88 Å². The normalized spacial score (nSPS) is 15.3. The van der Waals surface area contributed by atoms with Crippen LogP contribution in [0.2, 0.25) is 5.02 Å². The van der Waals surface area contributed by atoms with Gasteiger partial charge < -0.3 is 14.1 Å². The zero-order valence-corrected chi connectivity index (χ0v) is 25.2. The van der Waals surface area contributed by atoms with Crippen molar-refractivity contribution in [1.29, 1.82) is 0 Å². The van der Waals surface area contributed by atoms with Gasteiger partial charge in [0.05, 0.1) is 6.54 Å². The van der Waals surface area contributed by atoms with Crippen molar-refractivity contribution in [2.24, 2.45) is 0 Å². The number of aromatic nitrogens is 4. The van der Waals surface area contributed by atoms with Gasteiger partial charge in [0.2, 0.25) is 11.7 Å². The molecular weight excluding hydrogens is 632 g/mol. The number of rotatable bonds is 8. The molecule has 4 heterocycles. The summed E-state index contributed by atoms with van der Waals surface area (Å²) in [6.07, 6.45) is -4.24. The van der Waals surface area contributed by atoms with Crippen LogP contribution in [0.1, 0.15) is 38.1 Å². The third kappa shape index (κ3) is 6.37. The second-order valence-electron chi connectivity index (χ2n) is 10.5. The van der Waals surface area contributed by atoms with Crippen molar-refractivity contribution in [3.8, 4) is 17.5 Å². The molecule has 1 aromatic carbocycles. The Morgan fingerprint density at radius 3 is 2.57 bits per heavy atom. The number of nitrogens with one attached hydrogen (secondary N) is 1. The number of carbonyl (C=O) groups excluding carboxylic acids is 1. The number of H-pyrrole nitrogens is 1. The van der Waals surface area contributed by atoms with Crippen LogP contribution in [0.3, 0.4) is 0 Å². The molecule has 1 aliphatic heterocycles. The number of furan rings is 1. The Morgan fingerprint density at radius 1 is 1.20 bits per heavy atom. The highest BCUT2D eigenvalue weighted by Crippen LogP contribution is 2.33. The topological polar surface area (TPSA) is 135 Å². The summed E-state index contributed by atoms with van der Waals surface area (Å²) in [6, 6.07) is 5.13. The molecule has 0 bridgehead atoms. The molecule has 1 amide bonds. The molecule has 3 aromatic heterocycles. The standard InChI is InChI=1S/C27H27ClF4N6O5S/c1-14(2)37-10-8-17(9-11-37)43-25-22-15(3)35-36-24(22)33-23(34-25)20-7-5-18(42-20)13-38(26(39)27(30,31)32)44(40,41)21-12-16(28)4-6-19(21)29/h4-7,12,14,17H,8-11,13H2,1-3H3,(H,33,34,35,36). The molecule has 0 saturated carbocycles. The summed E-state index contributed by atoms with van der Waals surface area (Å²) in [4.78, 5) is 22.3. The minimum absolute atomic E-state index is 0.0395. The number of aromatic amines is 1. The second-order valence-corrected chi connectivity index (χ2v) is 12.8. The molecule has 1 fully saturated rings. The maximum Gasteiger partial charge on any atom is 0.472 e. The second kappa shape index (κ2) is 12.0. The summed E-state index contributed by atoms with van der Waals surface area (Å²) in [5.74, 6) is -4.40. The fraction of sp³-hybridized carbons (Fsp3) is 0.407. The lowest BCUT2D eigenvalue weighted by atomic mass is 10.1. The van der Waals surface area contributed by atoms with Crippen molar-refractivity contribution in [2.75, 3.05) is 13.1 Å². The summed E-state index contributed by atoms with van der Waals surface area (Å²) in [5, 5.41) is 7.27. The number of hydrogen-bond acceptors (Lipinski definition) is 9. The van der Waals surface area contributed by atoms with E-state index in [-0.39, 0.29) is 40.0 Å². The number of piperidine rings is 1. The van der Waals surface area contributed by atoms with Gasteiger partial charge in [-0.15, -0.1) is 0 Å². The number of carbonyl (C=O) groups is 1. The van der Waals surface area contributed by atoms with Crippen LogP contribution in [-0.2, 0) is 21.4 Å². The average Bonchev–Trinajstić information content (AvgIpc) is 3.59. The van der Waals surface area contributed by atoms with E-state index in [1.54, 1.807) is 6.92 Å². The molecule has 236 valence electrons. The number of fused-ring (bicyclic) bond motifs is 1. The maximum atomic E-state index is 14.4. The van der Waals surface area contributed by atoms with E-state index in [0.29, 0.717) is 29.3 Å². The Hall–Kier alpha value is -3.76. The van der Waals surface area contributed by atoms with Gasteiger partial charge in [-0.1, -0.05) is 11.6 Å². The number of likely N-dealkylation sites (tertiary alicyclic amines) is 1. The van der Waals surface area contributed by atoms with Crippen molar-refractivity contribution < 1.29 is 39.9 Å². The van der Waals surface area contributed by atoms with E-state index < -0.39 is 43.7 Å². The van der Waals surface area contributed by atoms with Crippen molar-refractivity contribution in [3.63, 3.8) is 0 Å². The molecule has 0 atom stereocenters. The Balaban J connectivity index is 1.46. The number of ether oxygens (including phenoxy) is 1. The molecule has 5 rings (SSSR count). The van der Waals surface area contributed by atoms with Gasteiger partial charge >= 0.3 is 12.1 Å². The first-order valence-corrected chi connectivity index (χ1v) is 15.3. The highest BCUT2D eigenvalue weighted by molar-refractivity contribution is 7.89. The third-order valence-corrected chi connectivity index (χ3v) is 9.14. The highest BCUT2D eigenvalue weighted by atomic mass is 35.5. The van der Waals surface area contributed by atoms with Crippen molar-refractivity contribution in [3.05, 3.63) is 52.6 Å². The van der Waals surface area contributed by atoms with E-state index in [1.165, 1.54) is 6.07 Å². The van der Waals surface area contributed by atoms with Gasteiger partial charge in [-0.25, -0.2) is 22.1 Å². The van der Waals surface area contributed by atoms with Crippen LogP contribution < -0.4 is 4.74 Å². The zero-order chi connectivity index (χ0) is 32.0. The largest absolute Gasteiger partial charge is 0.474 e. The Morgan fingerprint density at radius 2 is 1.91 bits per heavy atom. The lowest BCUT2D eigenvalue weighted by Crippen LogP contribution is -2.44. The molecule has 0 aliphatic carbocycles. The number of alkyl halides is 3. The first kappa shape index (κ1) is 31.7. The Labute approximate surface area is 254 Å². The van der Waals surface area contributed by atoms with Crippen LogP contribution in [0.15, 0.2) is 39.6 Å². The van der Waals surface area contributed by atoms with E-state index in [0.717, 1.165) is 38.1 Å². The highest BCUT2D eigenvalue weighted by Gasteiger charge is 2.48. The molecular formula is C27H27ClF4N6O5S. The Kier molecular flexibility index (Phi) is 8.61. The summed E-state index contributed by atoms with van der Waals surface area (Å²) in [5.41, 5.74) is 0.897. The minimum Gasteiger partial charge on any atom is -0.474 e. The van der Waals surface area contributed by atoms with Crippen molar-refractivity contribution in [1.82, 2.24) is 29.4 Å². The van der Waals surface area contributed by atoms with Gasteiger partial charge in [0.1, 0.15) is 28.0 Å². The molecule has 17 heteroatoms. The molecule has 0 unspecified atom stereocenters. The van der Waals surface area contributed by atoms with Gasteiger partial charge in [-0.05, 0) is 63.9 Å². The third-order valence-electron chi connectivity index (χ3n) is 7.16. The smallest absolute Gasteiger partial charge is 0.472 e. The van der Waals surface area contributed by atoms with Crippen molar-refractivity contribution in [2.45, 2.75) is 63.4 Å². The van der Waals surface area contributed by atoms with E-state index in [1.807, 2.05) is 0 Å². The van der Waals surface area contributed by atoms with Gasteiger partial charge in [0, 0.05) is 29.8 Å². The zero-order valence-electron chi connectivity index (χ0n) is 23.7. The Bertz CT molecular complexity index is 1800. The molecule has 0 spiro atoms.